The van der Waals surface area contributed by atoms with Crippen LogP contribution in [0.3, 0.4) is 0 Å². The molecule has 8 heteroatoms. The van der Waals surface area contributed by atoms with Crippen molar-refractivity contribution in [3.63, 3.8) is 0 Å². The van der Waals surface area contributed by atoms with Crippen LogP contribution in [0, 0.1) is 23.2 Å². The summed E-state index contributed by atoms with van der Waals surface area (Å²) in [5, 5.41) is 1.97. The predicted molar refractivity (Wildman–Crippen MR) is 146 cm³/mol. The van der Waals surface area contributed by atoms with Gasteiger partial charge in [0.2, 0.25) is 5.91 Å². The standard InChI is InChI=1S/C28H27ClN2O3S2/c29-22-5-1-18(2-6-22)16-34-23-7-3-17(4-8-23)12-24-25(32)31(27(35)36-24)30-26(33)28-13-19-9-20(14-28)11-21(10-19)15-28/h1-8,12,19-21H,9-11,13-16H2,(H,30,33)/b24-12+. The largest absolute Gasteiger partial charge is 0.489 e. The van der Waals surface area contributed by atoms with E-state index in [1.807, 2.05) is 48.5 Å². The number of carbonyl (C=O) groups excluding carboxylic acids is 2. The molecule has 0 spiro atoms. The van der Waals surface area contributed by atoms with E-state index in [4.69, 9.17) is 28.6 Å². The molecule has 2 amide bonds. The van der Waals surface area contributed by atoms with Crippen LogP contribution in [0.1, 0.15) is 49.7 Å². The molecule has 0 unspecified atom stereocenters. The lowest BCUT2D eigenvalue weighted by Crippen LogP contribution is -2.57. The SMILES string of the molecule is O=C1/C(=C\c2ccc(OCc3ccc(Cl)cc3)cc2)SC(=S)N1NC(=O)C12CC3CC(CC(C3)C1)C2. The second kappa shape index (κ2) is 9.51. The summed E-state index contributed by atoms with van der Waals surface area (Å²) < 4.78 is 6.21. The molecule has 0 atom stereocenters. The zero-order valence-corrected chi connectivity index (χ0v) is 22.1. The van der Waals surface area contributed by atoms with E-state index >= 15 is 0 Å². The van der Waals surface area contributed by atoms with Crippen LogP contribution < -0.4 is 10.2 Å². The Hall–Kier alpha value is -2.35. The third kappa shape index (κ3) is 4.69. The Morgan fingerprint density at radius 1 is 1.06 bits per heavy atom. The number of benzene rings is 2. The number of hydrogen-bond donors (Lipinski definition) is 1. The van der Waals surface area contributed by atoms with Gasteiger partial charge in [-0.3, -0.25) is 15.0 Å². The Balaban J connectivity index is 1.09. The van der Waals surface area contributed by atoms with Crippen molar-refractivity contribution < 1.29 is 14.3 Å². The number of hydrogen-bond acceptors (Lipinski definition) is 5. The van der Waals surface area contributed by atoms with Crippen molar-refractivity contribution in [3.05, 3.63) is 69.6 Å². The highest BCUT2D eigenvalue weighted by Gasteiger charge is 2.55. The quantitative estimate of drug-likeness (QED) is 0.342. The Morgan fingerprint density at radius 3 is 2.28 bits per heavy atom. The normalized spacial score (nSPS) is 29.8. The van der Waals surface area contributed by atoms with Crippen molar-refractivity contribution in [2.24, 2.45) is 23.2 Å². The maximum Gasteiger partial charge on any atom is 0.285 e. The van der Waals surface area contributed by atoms with Gasteiger partial charge in [0.15, 0.2) is 4.32 Å². The smallest absolute Gasteiger partial charge is 0.285 e. The fourth-order valence-electron chi connectivity index (χ4n) is 6.73. The van der Waals surface area contributed by atoms with Crippen LogP contribution in [0.5, 0.6) is 5.75 Å². The van der Waals surface area contributed by atoms with Gasteiger partial charge in [0.25, 0.3) is 5.91 Å². The van der Waals surface area contributed by atoms with Crippen molar-refractivity contribution in [3.8, 4) is 5.75 Å². The third-order valence-electron chi connectivity index (χ3n) is 8.02. The molecule has 4 aliphatic carbocycles. The van der Waals surface area contributed by atoms with Crippen molar-refractivity contribution in [1.82, 2.24) is 10.4 Å². The molecule has 186 valence electrons. The molecule has 4 saturated carbocycles. The molecule has 2 aromatic carbocycles. The first-order valence-electron chi connectivity index (χ1n) is 12.4. The fourth-order valence-corrected chi connectivity index (χ4v) is 8.04. The van der Waals surface area contributed by atoms with Crippen LogP contribution in [-0.4, -0.2) is 21.1 Å². The van der Waals surface area contributed by atoms with Gasteiger partial charge in [-0.15, -0.1) is 0 Å². The molecule has 7 rings (SSSR count). The van der Waals surface area contributed by atoms with Gasteiger partial charge < -0.3 is 4.74 Å². The number of nitrogens with zero attached hydrogens (tertiary/aromatic N) is 1. The molecule has 1 aliphatic heterocycles. The maximum absolute atomic E-state index is 13.4. The van der Waals surface area contributed by atoms with Gasteiger partial charge in [-0.25, -0.2) is 0 Å². The molecule has 1 N–H and O–H groups in total. The van der Waals surface area contributed by atoms with E-state index < -0.39 is 0 Å². The number of carbonyl (C=O) groups is 2. The molecular formula is C28H27ClN2O3S2. The Labute approximate surface area is 225 Å². The van der Waals surface area contributed by atoms with Gasteiger partial charge in [0, 0.05) is 5.02 Å². The summed E-state index contributed by atoms with van der Waals surface area (Å²) in [6.07, 6.45) is 8.44. The van der Waals surface area contributed by atoms with Crippen LogP contribution in [0.15, 0.2) is 53.4 Å². The Bertz CT molecular complexity index is 1210. The maximum atomic E-state index is 13.4. The van der Waals surface area contributed by atoms with E-state index in [0.29, 0.717) is 38.6 Å². The van der Waals surface area contributed by atoms with Gasteiger partial charge in [-0.2, -0.15) is 5.01 Å². The van der Waals surface area contributed by atoms with E-state index in [-0.39, 0.29) is 17.2 Å². The number of ether oxygens (including phenoxy) is 1. The molecule has 1 saturated heterocycles. The summed E-state index contributed by atoms with van der Waals surface area (Å²) in [5.41, 5.74) is 4.47. The zero-order valence-electron chi connectivity index (χ0n) is 19.7. The van der Waals surface area contributed by atoms with Gasteiger partial charge in [0.05, 0.1) is 10.3 Å². The minimum absolute atomic E-state index is 0.0265. The fraction of sp³-hybridized carbons (Fsp3) is 0.393. The van der Waals surface area contributed by atoms with E-state index in [1.54, 1.807) is 6.08 Å². The number of hydrazine groups is 1. The summed E-state index contributed by atoms with van der Waals surface area (Å²) in [6, 6.07) is 15.1. The van der Waals surface area contributed by atoms with Crippen LogP contribution >= 0.6 is 35.6 Å². The molecule has 0 radical (unpaired) electrons. The average Bonchev–Trinajstić information content (AvgIpc) is 3.11. The van der Waals surface area contributed by atoms with Gasteiger partial charge in [0.1, 0.15) is 12.4 Å². The predicted octanol–water partition coefficient (Wildman–Crippen LogP) is 6.37. The third-order valence-corrected chi connectivity index (χ3v) is 9.58. The molecular weight excluding hydrogens is 512 g/mol. The molecule has 5 aliphatic rings. The Kier molecular flexibility index (Phi) is 6.34. The summed E-state index contributed by atoms with van der Waals surface area (Å²) >= 11 is 12.6. The molecule has 2 aromatic rings. The minimum atomic E-state index is -0.330. The lowest BCUT2D eigenvalue weighted by molar-refractivity contribution is -0.152. The summed E-state index contributed by atoms with van der Waals surface area (Å²) in [6.45, 7) is 0.443. The second-order valence-corrected chi connectivity index (χ2v) is 12.8. The first-order chi connectivity index (χ1) is 17.4. The highest BCUT2D eigenvalue weighted by molar-refractivity contribution is 8.26. The van der Waals surface area contributed by atoms with E-state index in [2.05, 4.69) is 5.43 Å². The minimum Gasteiger partial charge on any atom is -0.489 e. The Morgan fingerprint density at radius 2 is 1.67 bits per heavy atom. The van der Waals surface area contributed by atoms with Crippen LogP contribution in [-0.2, 0) is 16.2 Å². The zero-order chi connectivity index (χ0) is 24.9. The van der Waals surface area contributed by atoms with Crippen LogP contribution in [0.4, 0.5) is 0 Å². The monoisotopic (exact) mass is 538 g/mol. The first kappa shape index (κ1) is 24.0. The summed E-state index contributed by atoms with van der Waals surface area (Å²) in [7, 11) is 0. The second-order valence-electron chi connectivity index (χ2n) is 10.6. The molecule has 4 bridgehead atoms. The van der Waals surface area contributed by atoms with E-state index in [0.717, 1.165) is 36.1 Å². The molecule has 36 heavy (non-hydrogen) atoms. The van der Waals surface area contributed by atoms with Crippen LogP contribution in [0.25, 0.3) is 6.08 Å². The highest BCUT2D eigenvalue weighted by atomic mass is 35.5. The molecule has 0 aromatic heterocycles. The number of rotatable bonds is 6. The molecule has 5 fully saturated rings. The first-order valence-corrected chi connectivity index (χ1v) is 14.0. The lowest BCUT2D eigenvalue weighted by atomic mass is 9.49. The number of thioether (sulfide) groups is 1. The van der Waals surface area contributed by atoms with E-state index in [9.17, 15) is 9.59 Å². The van der Waals surface area contributed by atoms with Gasteiger partial charge in [-0.1, -0.05) is 47.6 Å². The number of amides is 2. The molecule has 1 heterocycles. The number of thiocarbonyl (C=S) groups is 1. The highest BCUT2D eigenvalue weighted by Crippen LogP contribution is 2.60. The lowest BCUT2D eigenvalue weighted by Gasteiger charge is -2.55. The average molecular weight is 539 g/mol. The number of halogens is 1. The summed E-state index contributed by atoms with van der Waals surface area (Å²) in [5.74, 6) is 2.41. The topological polar surface area (TPSA) is 58.6 Å². The van der Waals surface area contributed by atoms with E-state index in [1.165, 1.54) is 36.0 Å². The van der Waals surface area contributed by atoms with Gasteiger partial charge in [-0.05, 0) is 110 Å². The van der Waals surface area contributed by atoms with Crippen molar-refractivity contribution in [2.45, 2.75) is 45.1 Å². The van der Waals surface area contributed by atoms with Crippen molar-refractivity contribution in [1.29, 1.82) is 0 Å². The van der Waals surface area contributed by atoms with Gasteiger partial charge >= 0.3 is 0 Å². The number of nitrogens with one attached hydrogen (secondary N) is 1. The van der Waals surface area contributed by atoms with Crippen molar-refractivity contribution >= 4 is 57.8 Å². The van der Waals surface area contributed by atoms with Crippen molar-refractivity contribution in [2.75, 3.05) is 0 Å². The molecule has 5 nitrogen and oxygen atoms in total. The van der Waals surface area contributed by atoms with Crippen LogP contribution in [0.2, 0.25) is 5.02 Å². The summed E-state index contributed by atoms with van der Waals surface area (Å²) in [4.78, 5) is 27.0.